The van der Waals surface area contributed by atoms with Crippen LogP contribution in [0.3, 0.4) is 0 Å². The fourth-order valence-corrected chi connectivity index (χ4v) is 4.87. The Balaban J connectivity index is 2.08. The molecule has 2 aromatic rings. The van der Waals surface area contributed by atoms with Gasteiger partial charge in [0.25, 0.3) is 5.56 Å². The minimum absolute atomic E-state index is 0.0264. The molecule has 0 radical (unpaired) electrons. The summed E-state index contributed by atoms with van der Waals surface area (Å²) in [6.07, 6.45) is 0.933. The topological polar surface area (TPSA) is 78.7 Å². The highest BCUT2D eigenvalue weighted by molar-refractivity contribution is 9.10. The first-order valence-electron chi connectivity index (χ1n) is 10.2. The summed E-state index contributed by atoms with van der Waals surface area (Å²) < 4.78 is 2.63. The third-order valence-electron chi connectivity index (χ3n) is 5.73. The van der Waals surface area contributed by atoms with Gasteiger partial charge in [-0.2, -0.15) is 0 Å². The van der Waals surface area contributed by atoms with Gasteiger partial charge in [-0.25, -0.2) is 9.78 Å². The van der Waals surface area contributed by atoms with Crippen molar-refractivity contribution in [2.75, 3.05) is 13.1 Å². The Labute approximate surface area is 179 Å². The first-order chi connectivity index (χ1) is 13.8. The van der Waals surface area contributed by atoms with E-state index < -0.39 is 6.09 Å². The van der Waals surface area contributed by atoms with Crippen LogP contribution in [0.5, 0.6) is 0 Å². The highest BCUT2D eigenvalue weighted by Crippen LogP contribution is 2.30. The second-order valence-electron chi connectivity index (χ2n) is 7.83. The van der Waals surface area contributed by atoms with Crippen LogP contribution in [0.15, 0.2) is 27.5 Å². The van der Waals surface area contributed by atoms with Gasteiger partial charge < -0.3 is 10.0 Å². The molecule has 1 aliphatic rings. The summed E-state index contributed by atoms with van der Waals surface area (Å²) in [6, 6.07) is 5.34. The summed E-state index contributed by atoms with van der Waals surface area (Å²) in [6.45, 7) is 9.77. The van der Waals surface area contributed by atoms with E-state index >= 15 is 0 Å². The van der Waals surface area contributed by atoms with Crippen molar-refractivity contribution in [3.8, 4) is 0 Å². The number of fused-ring (bicyclic) bond motifs is 1. The van der Waals surface area contributed by atoms with E-state index in [-0.39, 0.29) is 23.7 Å². The number of nitrogens with zero attached hydrogens (tertiary/aromatic N) is 4. The van der Waals surface area contributed by atoms with E-state index in [1.807, 2.05) is 39.0 Å². The third kappa shape index (κ3) is 4.19. The number of benzene rings is 1. The van der Waals surface area contributed by atoms with Crippen LogP contribution in [0, 0.1) is 0 Å². The van der Waals surface area contributed by atoms with Crippen LogP contribution in [-0.2, 0) is 6.54 Å². The fraction of sp³-hybridized carbons (Fsp3) is 0.571. The summed E-state index contributed by atoms with van der Waals surface area (Å²) in [5.74, 6) is 0.775. The van der Waals surface area contributed by atoms with Crippen LogP contribution in [0.1, 0.15) is 52.4 Å². The second-order valence-corrected chi connectivity index (χ2v) is 8.74. The number of piperazine rings is 1. The molecule has 0 aliphatic carbocycles. The van der Waals surface area contributed by atoms with Crippen molar-refractivity contribution in [3.05, 3.63) is 38.9 Å². The van der Waals surface area contributed by atoms with Crippen LogP contribution >= 0.6 is 15.9 Å². The van der Waals surface area contributed by atoms with Crippen molar-refractivity contribution < 1.29 is 9.90 Å². The molecule has 1 amide bonds. The zero-order valence-electron chi connectivity index (χ0n) is 17.4. The van der Waals surface area contributed by atoms with Gasteiger partial charge in [0.2, 0.25) is 0 Å². The van der Waals surface area contributed by atoms with E-state index in [0.29, 0.717) is 30.5 Å². The third-order valence-corrected chi connectivity index (χ3v) is 6.22. The molecular formula is C21H29BrN4O3. The predicted molar refractivity (Wildman–Crippen MR) is 117 cm³/mol. The SMILES string of the molecule is CCCC(c1nc2ccc(Br)cc2c(=O)n1CC)N1CC(C)N(C(=O)O)C(C)C1. The largest absolute Gasteiger partial charge is 0.465 e. The first kappa shape index (κ1) is 21.8. The van der Waals surface area contributed by atoms with E-state index in [0.717, 1.165) is 23.1 Å². The molecule has 0 saturated carbocycles. The van der Waals surface area contributed by atoms with Gasteiger partial charge in [0.05, 0.1) is 16.9 Å². The van der Waals surface area contributed by atoms with Gasteiger partial charge in [0.1, 0.15) is 5.82 Å². The lowest BCUT2D eigenvalue weighted by molar-refractivity contribution is 0.0171. The molecule has 0 spiro atoms. The molecule has 1 aromatic heterocycles. The van der Waals surface area contributed by atoms with Crippen molar-refractivity contribution in [2.45, 2.75) is 65.2 Å². The number of rotatable bonds is 5. The molecular weight excluding hydrogens is 436 g/mol. The molecule has 3 atom stereocenters. The number of halogens is 1. The predicted octanol–water partition coefficient (Wildman–Crippen LogP) is 4.09. The molecule has 1 fully saturated rings. The maximum Gasteiger partial charge on any atom is 0.407 e. The van der Waals surface area contributed by atoms with Gasteiger partial charge in [0.15, 0.2) is 0 Å². The molecule has 2 heterocycles. The van der Waals surface area contributed by atoms with Gasteiger partial charge >= 0.3 is 6.09 Å². The number of carbonyl (C=O) groups is 1. The molecule has 3 unspecified atom stereocenters. The van der Waals surface area contributed by atoms with E-state index in [2.05, 4.69) is 27.8 Å². The molecule has 1 aromatic carbocycles. The lowest BCUT2D eigenvalue weighted by Crippen LogP contribution is -2.59. The Morgan fingerprint density at radius 3 is 2.48 bits per heavy atom. The van der Waals surface area contributed by atoms with Crippen LogP contribution < -0.4 is 5.56 Å². The Hall–Kier alpha value is -1.93. The van der Waals surface area contributed by atoms with Gasteiger partial charge in [-0.1, -0.05) is 29.3 Å². The number of carboxylic acid groups (broad SMARTS) is 1. The molecule has 1 aliphatic heterocycles. The zero-order valence-corrected chi connectivity index (χ0v) is 19.0. The summed E-state index contributed by atoms with van der Waals surface area (Å²) in [5, 5.41) is 10.1. The molecule has 1 saturated heterocycles. The van der Waals surface area contributed by atoms with Gasteiger partial charge in [-0.05, 0) is 45.4 Å². The molecule has 0 bridgehead atoms. The average molecular weight is 465 g/mol. The summed E-state index contributed by atoms with van der Waals surface area (Å²) >= 11 is 3.44. The van der Waals surface area contributed by atoms with Crippen LogP contribution in [0.2, 0.25) is 0 Å². The van der Waals surface area contributed by atoms with Gasteiger partial charge in [-0.3, -0.25) is 14.3 Å². The summed E-state index contributed by atoms with van der Waals surface area (Å²) in [4.78, 5) is 33.5. The number of hydrogen-bond donors (Lipinski definition) is 1. The average Bonchev–Trinajstić information content (AvgIpc) is 2.65. The van der Waals surface area contributed by atoms with Crippen molar-refractivity contribution >= 4 is 32.9 Å². The molecule has 3 rings (SSSR count). The number of aromatic nitrogens is 2. The van der Waals surface area contributed by atoms with Crippen LogP contribution in [-0.4, -0.2) is 55.7 Å². The van der Waals surface area contributed by atoms with Crippen molar-refractivity contribution in [1.82, 2.24) is 19.4 Å². The fourth-order valence-electron chi connectivity index (χ4n) is 4.51. The maximum atomic E-state index is 13.2. The number of amides is 1. The summed E-state index contributed by atoms with van der Waals surface area (Å²) in [5.41, 5.74) is 0.671. The lowest BCUT2D eigenvalue weighted by atomic mass is 10.0. The minimum atomic E-state index is -0.878. The molecule has 29 heavy (non-hydrogen) atoms. The van der Waals surface area contributed by atoms with E-state index in [4.69, 9.17) is 4.98 Å². The van der Waals surface area contributed by atoms with E-state index in [1.54, 1.807) is 4.57 Å². The minimum Gasteiger partial charge on any atom is -0.465 e. The quantitative estimate of drug-likeness (QED) is 0.720. The highest BCUT2D eigenvalue weighted by atomic mass is 79.9. The lowest BCUT2D eigenvalue weighted by Gasteiger charge is -2.45. The molecule has 1 N–H and O–H groups in total. The first-order valence-corrected chi connectivity index (χ1v) is 11.0. The van der Waals surface area contributed by atoms with E-state index in [1.165, 1.54) is 4.90 Å². The Morgan fingerprint density at radius 2 is 1.93 bits per heavy atom. The second kappa shape index (κ2) is 8.83. The highest BCUT2D eigenvalue weighted by Gasteiger charge is 2.37. The molecule has 7 nitrogen and oxygen atoms in total. The van der Waals surface area contributed by atoms with Gasteiger partial charge in [0, 0.05) is 36.2 Å². The normalized spacial score (nSPS) is 21.5. The Morgan fingerprint density at radius 1 is 1.28 bits per heavy atom. The number of hydrogen-bond acceptors (Lipinski definition) is 4. The van der Waals surface area contributed by atoms with Crippen molar-refractivity contribution in [1.29, 1.82) is 0 Å². The monoisotopic (exact) mass is 464 g/mol. The van der Waals surface area contributed by atoms with Crippen molar-refractivity contribution in [3.63, 3.8) is 0 Å². The molecule has 8 heteroatoms. The van der Waals surface area contributed by atoms with Crippen LogP contribution in [0.25, 0.3) is 10.9 Å². The van der Waals surface area contributed by atoms with Gasteiger partial charge in [-0.15, -0.1) is 0 Å². The smallest absolute Gasteiger partial charge is 0.407 e. The Kier molecular flexibility index (Phi) is 6.63. The summed E-state index contributed by atoms with van der Waals surface area (Å²) in [7, 11) is 0. The maximum absolute atomic E-state index is 13.2. The van der Waals surface area contributed by atoms with E-state index in [9.17, 15) is 14.7 Å². The van der Waals surface area contributed by atoms with Crippen molar-refractivity contribution in [2.24, 2.45) is 0 Å². The Bertz CT molecular complexity index is 949. The standard InChI is InChI=1S/C21H29BrN4O3/c1-5-7-18(24-11-13(3)26(21(28)29)14(4)12-24)19-23-17-9-8-15(22)10-16(17)20(27)25(19)6-2/h8-10,13-14,18H,5-7,11-12H2,1-4H3,(H,28,29). The van der Waals surface area contributed by atoms with Crippen LogP contribution in [0.4, 0.5) is 4.79 Å². The zero-order chi connectivity index (χ0) is 21.3. The molecule has 158 valence electrons.